The minimum Gasteiger partial charge on any atom is -0.322 e. The Hall–Kier alpha value is -2.35. The molecule has 1 N–H and O–H groups in total. The van der Waals surface area contributed by atoms with Crippen molar-refractivity contribution in [2.75, 3.05) is 5.32 Å². The van der Waals surface area contributed by atoms with Gasteiger partial charge in [0.2, 0.25) is 0 Å². The molecular formula is C13H7BrF2N2O3. The molecule has 8 heteroatoms. The molecule has 0 unspecified atom stereocenters. The summed E-state index contributed by atoms with van der Waals surface area (Å²) in [7, 11) is 0. The number of rotatable bonds is 3. The number of hydrogen-bond donors (Lipinski definition) is 1. The predicted molar refractivity (Wildman–Crippen MR) is 75.1 cm³/mol. The molecule has 0 atom stereocenters. The molecule has 5 nitrogen and oxygen atoms in total. The molecule has 0 saturated heterocycles. The predicted octanol–water partition coefficient (Wildman–Crippen LogP) is 3.89. The molecule has 108 valence electrons. The number of amides is 1. The number of nitrogens with zero attached hydrogens (tertiary/aromatic N) is 1. The molecule has 0 spiro atoms. The molecule has 0 radical (unpaired) electrons. The van der Waals surface area contributed by atoms with Gasteiger partial charge in [0, 0.05) is 5.69 Å². The second-order valence-corrected chi connectivity index (χ2v) is 4.86. The van der Waals surface area contributed by atoms with Gasteiger partial charge in [-0.05, 0) is 46.3 Å². The van der Waals surface area contributed by atoms with Crippen LogP contribution in [0.5, 0.6) is 0 Å². The Labute approximate surface area is 125 Å². The average molecular weight is 357 g/mol. The van der Waals surface area contributed by atoms with Gasteiger partial charge in [0.05, 0.1) is 15.5 Å². The zero-order chi connectivity index (χ0) is 15.6. The first-order valence-electron chi connectivity index (χ1n) is 5.59. The smallest absolute Gasteiger partial charge is 0.285 e. The molecule has 0 aliphatic heterocycles. The lowest BCUT2D eigenvalue weighted by molar-refractivity contribution is -0.385. The largest absolute Gasteiger partial charge is 0.322 e. The Kier molecular flexibility index (Phi) is 4.27. The maximum atomic E-state index is 13.3. The quantitative estimate of drug-likeness (QED) is 0.669. The van der Waals surface area contributed by atoms with E-state index >= 15 is 0 Å². The van der Waals surface area contributed by atoms with E-state index in [-0.39, 0.29) is 15.7 Å². The van der Waals surface area contributed by atoms with Crippen molar-refractivity contribution in [1.29, 1.82) is 0 Å². The number of halogens is 3. The van der Waals surface area contributed by atoms with E-state index in [9.17, 15) is 23.7 Å². The summed E-state index contributed by atoms with van der Waals surface area (Å²) in [5.41, 5.74) is -0.853. The second-order valence-electron chi connectivity index (χ2n) is 4.00. The van der Waals surface area contributed by atoms with Crippen molar-refractivity contribution in [1.82, 2.24) is 0 Å². The maximum Gasteiger partial charge on any atom is 0.285 e. The van der Waals surface area contributed by atoms with Crippen molar-refractivity contribution in [3.05, 3.63) is 68.2 Å². The van der Waals surface area contributed by atoms with Gasteiger partial charge in [0.25, 0.3) is 11.6 Å². The molecule has 0 aliphatic carbocycles. The van der Waals surface area contributed by atoms with E-state index in [1.807, 2.05) is 0 Å². The van der Waals surface area contributed by atoms with Gasteiger partial charge < -0.3 is 5.32 Å². The topological polar surface area (TPSA) is 72.2 Å². The van der Waals surface area contributed by atoms with E-state index < -0.39 is 28.2 Å². The number of carbonyl (C=O) groups is 1. The third kappa shape index (κ3) is 3.40. The molecule has 2 aromatic rings. The molecule has 0 aromatic heterocycles. The van der Waals surface area contributed by atoms with Crippen LogP contribution in [0.2, 0.25) is 0 Å². The summed E-state index contributed by atoms with van der Waals surface area (Å²) in [6.45, 7) is 0. The minimum absolute atomic E-state index is 0.124. The van der Waals surface area contributed by atoms with Crippen LogP contribution in [0.25, 0.3) is 0 Å². The highest BCUT2D eigenvalue weighted by Gasteiger charge is 2.21. The fraction of sp³-hybridized carbons (Fsp3) is 0. The van der Waals surface area contributed by atoms with Gasteiger partial charge >= 0.3 is 0 Å². The number of nitro benzene ring substituents is 1. The SMILES string of the molecule is O=C(Nc1ccc(Br)c(F)c1)c1ccc(F)cc1[N+](=O)[O-]. The molecule has 0 bridgehead atoms. The first-order chi connectivity index (χ1) is 9.88. The van der Waals surface area contributed by atoms with Crippen LogP contribution >= 0.6 is 15.9 Å². The van der Waals surface area contributed by atoms with Crippen molar-refractivity contribution in [3.8, 4) is 0 Å². The third-order valence-electron chi connectivity index (χ3n) is 2.58. The second kappa shape index (κ2) is 5.96. The number of benzene rings is 2. The fourth-order valence-corrected chi connectivity index (χ4v) is 1.87. The number of nitro groups is 1. The highest BCUT2D eigenvalue weighted by atomic mass is 79.9. The van der Waals surface area contributed by atoms with E-state index in [1.54, 1.807) is 0 Å². The van der Waals surface area contributed by atoms with Gasteiger partial charge in [0.15, 0.2) is 0 Å². The van der Waals surface area contributed by atoms with Gasteiger partial charge in [-0.2, -0.15) is 0 Å². The normalized spacial score (nSPS) is 10.2. The van der Waals surface area contributed by atoms with E-state index in [2.05, 4.69) is 21.2 Å². The summed E-state index contributed by atoms with van der Waals surface area (Å²) in [4.78, 5) is 21.9. The molecular weight excluding hydrogens is 350 g/mol. The van der Waals surface area contributed by atoms with Gasteiger partial charge in [0.1, 0.15) is 17.2 Å². The number of nitrogens with one attached hydrogen (secondary N) is 1. The summed E-state index contributed by atoms with van der Waals surface area (Å²) in [5.74, 6) is -2.25. The van der Waals surface area contributed by atoms with E-state index in [0.717, 1.165) is 18.2 Å². The molecule has 21 heavy (non-hydrogen) atoms. The van der Waals surface area contributed by atoms with Gasteiger partial charge in [-0.15, -0.1) is 0 Å². The van der Waals surface area contributed by atoms with Gasteiger partial charge in [-0.1, -0.05) is 0 Å². The highest BCUT2D eigenvalue weighted by molar-refractivity contribution is 9.10. The van der Waals surface area contributed by atoms with Crippen LogP contribution in [0.4, 0.5) is 20.2 Å². The van der Waals surface area contributed by atoms with Crippen LogP contribution in [0.1, 0.15) is 10.4 Å². The van der Waals surface area contributed by atoms with Crippen LogP contribution in [0.3, 0.4) is 0 Å². The lowest BCUT2D eigenvalue weighted by Crippen LogP contribution is -2.14. The molecule has 0 fully saturated rings. The summed E-state index contributed by atoms with van der Waals surface area (Å²) in [6, 6.07) is 6.43. The first kappa shape index (κ1) is 15.0. The third-order valence-corrected chi connectivity index (χ3v) is 3.22. The summed E-state index contributed by atoms with van der Waals surface area (Å²) >= 11 is 2.96. The van der Waals surface area contributed by atoms with E-state index in [0.29, 0.717) is 6.07 Å². The molecule has 1 amide bonds. The van der Waals surface area contributed by atoms with Crippen molar-refractivity contribution in [2.24, 2.45) is 0 Å². The van der Waals surface area contributed by atoms with Crippen LogP contribution in [-0.2, 0) is 0 Å². The van der Waals surface area contributed by atoms with Crippen molar-refractivity contribution in [2.45, 2.75) is 0 Å². The molecule has 2 aromatic carbocycles. The van der Waals surface area contributed by atoms with E-state index in [1.165, 1.54) is 12.1 Å². The lowest BCUT2D eigenvalue weighted by atomic mass is 10.1. The summed E-state index contributed by atoms with van der Waals surface area (Å²) in [6.07, 6.45) is 0. The van der Waals surface area contributed by atoms with Crippen LogP contribution in [0, 0.1) is 21.7 Å². The highest BCUT2D eigenvalue weighted by Crippen LogP contribution is 2.23. The first-order valence-corrected chi connectivity index (χ1v) is 6.38. The van der Waals surface area contributed by atoms with E-state index in [4.69, 9.17) is 0 Å². The zero-order valence-electron chi connectivity index (χ0n) is 10.3. The Morgan fingerprint density at radius 2 is 1.90 bits per heavy atom. The summed E-state index contributed by atoms with van der Waals surface area (Å²) < 4.78 is 26.6. The fourth-order valence-electron chi connectivity index (χ4n) is 1.62. The molecule has 0 aliphatic rings. The zero-order valence-corrected chi connectivity index (χ0v) is 11.9. The molecule has 2 rings (SSSR count). The average Bonchev–Trinajstić information content (AvgIpc) is 2.42. The van der Waals surface area contributed by atoms with Crippen LogP contribution in [-0.4, -0.2) is 10.8 Å². The monoisotopic (exact) mass is 356 g/mol. The van der Waals surface area contributed by atoms with Crippen LogP contribution < -0.4 is 5.32 Å². The number of hydrogen-bond acceptors (Lipinski definition) is 3. The van der Waals surface area contributed by atoms with Gasteiger partial charge in [-0.3, -0.25) is 14.9 Å². The Balaban J connectivity index is 2.32. The summed E-state index contributed by atoms with van der Waals surface area (Å²) in [5, 5.41) is 13.1. The Morgan fingerprint density at radius 1 is 1.19 bits per heavy atom. The van der Waals surface area contributed by atoms with Gasteiger partial charge in [-0.25, -0.2) is 8.78 Å². The van der Waals surface area contributed by atoms with Crippen molar-refractivity contribution in [3.63, 3.8) is 0 Å². The maximum absolute atomic E-state index is 13.3. The Morgan fingerprint density at radius 3 is 2.52 bits per heavy atom. The number of carbonyl (C=O) groups excluding carboxylic acids is 1. The van der Waals surface area contributed by atoms with Crippen molar-refractivity contribution >= 4 is 33.2 Å². The van der Waals surface area contributed by atoms with Crippen LogP contribution in [0.15, 0.2) is 40.9 Å². The molecule has 0 heterocycles. The standard InChI is InChI=1S/C13H7BrF2N2O3/c14-10-4-2-8(6-11(10)16)17-13(19)9-3-1-7(15)5-12(9)18(20)21/h1-6H,(H,17,19). The van der Waals surface area contributed by atoms with Crippen molar-refractivity contribution < 1.29 is 18.5 Å². The lowest BCUT2D eigenvalue weighted by Gasteiger charge is -2.06. The molecule has 0 saturated carbocycles. The Bertz CT molecular complexity index is 737. The minimum atomic E-state index is -0.861. The number of anilines is 1.